The Labute approximate surface area is 70.3 Å². The summed E-state index contributed by atoms with van der Waals surface area (Å²) < 4.78 is 0. The molecule has 0 unspecified atom stereocenters. The lowest BCUT2D eigenvalue weighted by Gasteiger charge is -2.06. The Kier molecular flexibility index (Phi) is 2.53. The monoisotopic (exact) mass is 166 g/mol. The van der Waals surface area contributed by atoms with Crippen LogP contribution in [-0.2, 0) is 4.84 Å². The Morgan fingerprint density at radius 2 is 2.17 bits per heavy atom. The molecule has 4 heteroatoms. The molecule has 0 bridgehead atoms. The highest BCUT2D eigenvalue weighted by atomic mass is 16.7. The number of hydrogen-bond donors (Lipinski definition) is 2. The fourth-order valence-electron chi connectivity index (χ4n) is 0.793. The summed E-state index contributed by atoms with van der Waals surface area (Å²) in [5, 5.41) is 0. The first-order chi connectivity index (χ1) is 5.70. The summed E-state index contributed by atoms with van der Waals surface area (Å²) in [6.07, 6.45) is -0.849. The summed E-state index contributed by atoms with van der Waals surface area (Å²) in [5.74, 6) is 0. The molecule has 0 fully saturated rings. The zero-order valence-electron chi connectivity index (χ0n) is 6.70. The molecule has 0 saturated carbocycles. The van der Waals surface area contributed by atoms with E-state index in [0.29, 0.717) is 0 Å². The van der Waals surface area contributed by atoms with E-state index in [-0.39, 0.29) is 0 Å². The maximum Gasteiger partial charge on any atom is 0.428 e. The quantitative estimate of drug-likeness (QED) is 0.653. The molecule has 0 aromatic heterocycles. The number of primary amides is 1. The van der Waals surface area contributed by atoms with E-state index < -0.39 is 6.09 Å². The number of nitrogens with two attached hydrogens (primary N) is 1. The number of para-hydroxylation sites is 1. The zero-order valence-corrected chi connectivity index (χ0v) is 6.70. The van der Waals surface area contributed by atoms with Crippen molar-refractivity contribution in [3.05, 3.63) is 29.8 Å². The first-order valence-electron chi connectivity index (χ1n) is 3.48. The summed E-state index contributed by atoms with van der Waals surface area (Å²) in [4.78, 5) is 14.6. The molecule has 0 heterocycles. The normalized spacial score (nSPS) is 9.08. The third-order valence-corrected chi connectivity index (χ3v) is 1.41. The van der Waals surface area contributed by atoms with Crippen molar-refractivity contribution in [3.63, 3.8) is 0 Å². The number of carbonyl (C=O) groups excluding carboxylic acids is 1. The molecule has 0 aliphatic rings. The Bertz CT molecular complexity index is 286. The van der Waals surface area contributed by atoms with E-state index in [2.05, 4.69) is 10.3 Å². The smallest absolute Gasteiger partial charge is 0.333 e. The Balaban J connectivity index is 2.63. The van der Waals surface area contributed by atoms with Crippen molar-refractivity contribution in [2.75, 3.05) is 5.48 Å². The molecule has 1 aromatic carbocycles. The molecule has 12 heavy (non-hydrogen) atoms. The van der Waals surface area contributed by atoms with E-state index in [1.807, 2.05) is 25.1 Å². The largest absolute Gasteiger partial charge is 0.428 e. The van der Waals surface area contributed by atoms with Crippen LogP contribution in [0.15, 0.2) is 24.3 Å². The molecule has 0 spiro atoms. The van der Waals surface area contributed by atoms with Gasteiger partial charge in [0.05, 0.1) is 5.69 Å². The number of carbonyl (C=O) groups is 1. The van der Waals surface area contributed by atoms with Gasteiger partial charge >= 0.3 is 6.09 Å². The van der Waals surface area contributed by atoms with Crippen LogP contribution in [0.4, 0.5) is 10.5 Å². The van der Waals surface area contributed by atoms with Crippen LogP contribution in [0.1, 0.15) is 5.56 Å². The first-order valence-corrected chi connectivity index (χ1v) is 3.48. The number of aryl methyl sites for hydroxylation is 1. The fraction of sp³-hybridized carbons (Fsp3) is 0.125. The summed E-state index contributed by atoms with van der Waals surface area (Å²) in [6, 6.07) is 7.41. The molecule has 1 amide bonds. The highest BCUT2D eigenvalue weighted by Crippen LogP contribution is 2.12. The van der Waals surface area contributed by atoms with E-state index in [1.165, 1.54) is 0 Å². The molecule has 3 N–H and O–H groups in total. The minimum Gasteiger partial charge on any atom is -0.333 e. The molecule has 0 aliphatic carbocycles. The Hall–Kier alpha value is -1.71. The SMILES string of the molecule is Cc1ccccc1NOC(N)=O. The average molecular weight is 166 g/mol. The number of amides is 1. The summed E-state index contributed by atoms with van der Waals surface area (Å²) in [6.45, 7) is 1.90. The molecule has 0 saturated heterocycles. The van der Waals surface area contributed by atoms with Crippen molar-refractivity contribution in [1.82, 2.24) is 0 Å². The average Bonchev–Trinajstić information content (AvgIpc) is 2.03. The Morgan fingerprint density at radius 3 is 2.75 bits per heavy atom. The van der Waals surface area contributed by atoms with Gasteiger partial charge in [0, 0.05) is 0 Å². The van der Waals surface area contributed by atoms with Crippen molar-refractivity contribution in [3.8, 4) is 0 Å². The summed E-state index contributed by atoms with van der Waals surface area (Å²) >= 11 is 0. The number of hydrogen-bond acceptors (Lipinski definition) is 3. The number of anilines is 1. The van der Waals surface area contributed by atoms with Crippen LogP contribution in [0.25, 0.3) is 0 Å². The van der Waals surface area contributed by atoms with Gasteiger partial charge in [-0.25, -0.2) is 10.3 Å². The second-order valence-corrected chi connectivity index (χ2v) is 2.34. The minimum atomic E-state index is -0.849. The van der Waals surface area contributed by atoms with Gasteiger partial charge in [-0.1, -0.05) is 18.2 Å². The molecule has 4 nitrogen and oxygen atoms in total. The molecule has 0 radical (unpaired) electrons. The molecule has 64 valence electrons. The van der Waals surface area contributed by atoms with Crippen molar-refractivity contribution in [2.24, 2.45) is 5.73 Å². The second-order valence-electron chi connectivity index (χ2n) is 2.34. The van der Waals surface area contributed by atoms with Gasteiger partial charge in [0.15, 0.2) is 0 Å². The van der Waals surface area contributed by atoms with Crippen LogP contribution in [0, 0.1) is 6.92 Å². The highest BCUT2D eigenvalue weighted by molar-refractivity contribution is 5.66. The summed E-state index contributed by atoms with van der Waals surface area (Å²) in [5.41, 5.74) is 8.92. The van der Waals surface area contributed by atoms with Gasteiger partial charge in [-0.15, -0.1) is 0 Å². The van der Waals surface area contributed by atoms with Gasteiger partial charge < -0.3 is 10.6 Å². The zero-order chi connectivity index (χ0) is 8.97. The number of nitrogens with one attached hydrogen (secondary N) is 1. The lowest BCUT2D eigenvalue weighted by Crippen LogP contribution is -2.17. The van der Waals surface area contributed by atoms with Crippen molar-refractivity contribution >= 4 is 11.8 Å². The predicted octanol–water partition coefficient (Wildman–Crippen LogP) is 1.42. The van der Waals surface area contributed by atoms with E-state index in [4.69, 9.17) is 5.73 Å². The molecule has 1 rings (SSSR count). The predicted molar refractivity (Wildman–Crippen MR) is 45.5 cm³/mol. The number of rotatable bonds is 2. The van der Waals surface area contributed by atoms with Crippen LogP contribution in [0.5, 0.6) is 0 Å². The molecule has 0 aliphatic heterocycles. The van der Waals surface area contributed by atoms with Gasteiger partial charge in [-0.05, 0) is 18.6 Å². The lowest BCUT2D eigenvalue weighted by molar-refractivity contribution is 0.180. The van der Waals surface area contributed by atoms with Crippen LogP contribution in [0.3, 0.4) is 0 Å². The first kappa shape index (κ1) is 8.39. The van der Waals surface area contributed by atoms with E-state index >= 15 is 0 Å². The van der Waals surface area contributed by atoms with Crippen molar-refractivity contribution < 1.29 is 9.63 Å². The lowest BCUT2D eigenvalue weighted by atomic mass is 10.2. The highest BCUT2D eigenvalue weighted by Gasteiger charge is 1.97. The van der Waals surface area contributed by atoms with E-state index in [0.717, 1.165) is 11.3 Å². The fourth-order valence-corrected chi connectivity index (χ4v) is 0.793. The van der Waals surface area contributed by atoms with Crippen LogP contribution >= 0.6 is 0 Å². The van der Waals surface area contributed by atoms with Crippen LogP contribution < -0.4 is 11.2 Å². The second kappa shape index (κ2) is 3.61. The van der Waals surface area contributed by atoms with Gasteiger partial charge in [0.2, 0.25) is 0 Å². The van der Waals surface area contributed by atoms with Gasteiger partial charge in [0.1, 0.15) is 0 Å². The van der Waals surface area contributed by atoms with Gasteiger partial charge in [0.25, 0.3) is 0 Å². The Morgan fingerprint density at radius 1 is 1.50 bits per heavy atom. The van der Waals surface area contributed by atoms with Gasteiger partial charge in [-0.2, -0.15) is 0 Å². The van der Waals surface area contributed by atoms with Crippen molar-refractivity contribution in [2.45, 2.75) is 6.92 Å². The maximum absolute atomic E-state index is 10.2. The third kappa shape index (κ3) is 2.16. The van der Waals surface area contributed by atoms with Crippen LogP contribution in [-0.4, -0.2) is 6.09 Å². The topological polar surface area (TPSA) is 64.3 Å². The summed E-state index contributed by atoms with van der Waals surface area (Å²) in [7, 11) is 0. The molecular formula is C8H10N2O2. The molecule has 0 atom stereocenters. The third-order valence-electron chi connectivity index (χ3n) is 1.41. The molecular weight excluding hydrogens is 156 g/mol. The molecule has 1 aromatic rings. The van der Waals surface area contributed by atoms with Gasteiger partial charge in [-0.3, -0.25) is 0 Å². The van der Waals surface area contributed by atoms with E-state index in [1.54, 1.807) is 6.07 Å². The maximum atomic E-state index is 10.2. The van der Waals surface area contributed by atoms with E-state index in [9.17, 15) is 4.79 Å². The standard InChI is InChI=1S/C8H10N2O2/c1-6-4-2-3-5-7(6)10-12-8(9)11/h2-5,10H,1H3,(H2,9,11). The van der Waals surface area contributed by atoms with Crippen LogP contribution in [0.2, 0.25) is 0 Å². The number of benzene rings is 1. The minimum absolute atomic E-state index is 0.733. The van der Waals surface area contributed by atoms with Crippen molar-refractivity contribution in [1.29, 1.82) is 0 Å².